The number of nitrogen functional groups attached to an aromatic ring is 1. The summed E-state index contributed by atoms with van der Waals surface area (Å²) in [4.78, 5) is 15.9. The number of ether oxygens (including phenoxy) is 1. The monoisotopic (exact) mass is 410 g/mol. The Balaban J connectivity index is 1.49. The number of rotatable bonds is 7. The zero-order valence-corrected chi connectivity index (χ0v) is 17.7. The maximum absolute atomic E-state index is 6.06. The molecule has 4 rings (SSSR count). The van der Waals surface area contributed by atoms with E-state index in [1.54, 1.807) is 4.52 Å². The van der Waals surface area contributed by atoms with Gasteiger partial charge in [-0.1, -0.05) is 19.4 Å². The van der Waals surface area contributed by atoms with Crippen molar-refractivity contribution in [3.63, 3.8) is 0 Å². The van der Waals surface area contributed by atoms with Crippen molar-refractivity contribution in [3.8, 4) is 6.01 Å². The van der Waals surface area contributed by atoms with E-state index in [0.717, 1.165) is 61.4 Å². The fraction of sp³-hybridized carbons (Fsp3) is 0.524. The fourth-order valence-corrected chi connectivity index (χ4v) is 3.76. The van der Waals surface area contributed by atoms with Crippen LogP contribution in [0.4, 0.5) is 11.6 Å². The fourth-order valence-electron chi connectivity index (χ4n) is 3.76. The Morgan fingerprint density at radius 3 is 2.77 bits per heavy atom. The van der Waals surface area contributed by atoms with Gasteiger partial charge in [-0.05, 0) is 37.3 Å². The van der Waals surface area contributed by atoms with Crippen LogP contribution in [0.2, 0.25) is 0 Å². The molecule has 0 amide bonds. The first-order chi connectivity index (χ1) is 14.5. The molecule has 1 aliphatic heterocycles. The average Bonchev–Trinajstić information content (AvgIpc) is 3.12. The van der Waals surface area contributed by atoms with Gasteiger partial charge in [0, 0.05) is 31.7 Å². The lowest BCUT2D eigenvalue weighted by Gasteiger charge is -2.32. The van der Waals surface area contributed by atoms with Crippen molar-refractivity contribution in [1.82, 2.24) is 24.6 Å². The van der Waals surface area contributed by atoms with Gasteiger partial charge in [-0.25, -0.2) is 14.5 Å². The lowest BCUT2D eigenvalue weighted by Crippen LogP contribution is -2.40. The number of imidazole rings is 1. The van der Waals surface area contributed by atoms with Gasteiger partial charge in [0.25, 0.3) is 0 Å². The number of hydrogen-bond acceptors (Lipinski definition) is 8. The van der Waals surface area contributed by atoms with Crippen molar-refractivity contribution in [2.24, 2.45) is 5.73 Å². The molecule has 0 unspecified atom stereocenters. The first-order valence-corrected chi connectivity index (χ1v) is 10.6. The van der Waals surface area contributed by atoms with Crippen LogP contribution in [-0.4, -0.2) is 50.3 Å². The van der Waals surface area contributed by atoms with Crippen LogP contribution in [-0.2, 0) is 6.42 Å². The number of hydrogen-bond donors (Lipinski definition) is 2. The molecule has 1 fully saturated rings. The van der Waals surface area contributed by atoms with Crippen molar-refractivity contribution < 1.29 is 4.74 Å². The highest BCUT2D eigenvalue weighted by molar-refractivity contribution is 5.59. The molecule has 1 aliphatic rings. The van der Waals surface area contributed by atoms with Gasteiger partial charge in [0.1, 0.15) is 5.82 Å². The molecule has 0 saturated carbocycles. The molecule has 0 bridgehead atoms. The van der Waals surface area contributed by atoms with Gasteiger partial charge in [-0.2, -0.15) is 4.98 Å². The normalized spacial score (nSPS) is 15.1. The Hall–Kier alpha value is -2.94. The lowest BCUT2D eigenvalue weighted by atomic mass is 10.0. The van der Waals surface area contributed by atoms with Crippen molar-refractivity contribution >= 4 is 17.3 Å². The predicted molar refractivity (Wildman–Crippen MR) is 117 cm³/mol. The summed E-state index contributed by atoms with van der Waals surface area (Å²) in [5, 5.41) is 4.38. The summed E-state index contributed by atoms with van der Waals surface area (Å²) in [5.74, 6) is 1.36. The Morgan fingerprint density at radius 1 is 1.23 bits per heavy atom. The standard InChI is InChI=1S/C21H30N8O/c1-3-4-9-30-21-26-18(23)20-25-17(13-29(20)27-21)11-15-10-14(2)19(24-12-15)28-7-5-16(22)6-8-28/h10,12-13,16H,3-9,11,22H2,1-2H3,(H2,23,26,27). The number of piperidine rings is 1. The molecule has 0 radical (unpaired) electrons. The summed E-state index contributed by atoms with van der Waals surface area (Å²) in [6, 6.07) is 2.76. The Bertz CT molecular complexity index is 1010. The molecule has 9 nitrogen and oxygen atoms in total. The van der Waals surface area contributed by atoms with Gasteiger partial charge in [0.15, 0.2) is 11.5 Å². The molecule has 0 atom stereocenters. The molecule has 3 aromatic rings. The third kappa shape index (κ3) is 4.46. The molecule has 30 heavy (non-hydrogen) atoms. The summed E-state index contributed by atoms with van der Waals surface area (Å²) >= 11 is 0. The third-order valence-corrected chi connectivity index (χ3v) is 5.44. The summed E-state index contributed by atoms with van der Waals surface area (Å²) in [7, 11) is 0. The van der Waals surface area contributed by atoms with Crippen molar-refractivity contribution in [1.29, 1.82) is 0 Å². The molecular weight excluding hydrogens is 380 g/mol. The predicted octanol–water partition coefficient (Wildman–Crippen LogP) is 2.11. The quantitative estimate of drug-likeness (QED) is 0.568. The Kier molecular flexibility index (Phi) is 5.98. The Labute approximate surface area is 176 Å². The topological polar surface area (TPSA) is 120 Å². The molecule has 160 valence electrons. The van der Waals surface area contributed by atoms with E-state index in [1.165, 1.54) is 0 Å². The van der Waals surface area contributed by atoms with E-state index in [0.29, 0.717) is 30.5 Å². The van der Waals surface area contributed by atoms with Gasteiger partial charge in [-0.3, -0.25) is 0 Å². The molecular formula is C21H30N8O. The minimum absolute atomic E-state index is 0.278. The van der Waals surface area contributed by atoms with Crippen LogP contribution >= 0.6 is 0 Å². The number of pyridine rings is 1. The Morgan fingerprint density at radius 2 is 2.03 bits per heavy atom. The molecule has 0 aliphatic carbocycles. The lowest BCUT2D eigenvalue weighted by molar-refractivity contribution is 0.281. The smallest absolute Gasteiger partial charge is 0.336 e. The molecule has 4 N–H and O–H groups in total. The molecule has 4 heterocycles. The van der Waals surface area contributed by atoms with Crippen LogP contribution in [0.15, 0.2) is 18.5 Å². The number of aromatic nitrogens is 5. The molecule has 9 heteroatoms. The van der Waals surface area contributed by atoms with Gasteiger partial charge in [0.2, 0.25) is 0 Å². The van der Waals surface area contributed by atoms with E-state index in [-0.39, 0.29) is 6.01 Å². The van der Waals surface area contributed by atoms with E-state index in [4.69, 9.17) is 21.2 Å². The number of unbranched alkanes of at least 4 members (excludes halogenated alkanes) is 1. The van der Waals surface area contributed by atoms with Crippen molar-refractivity contribution in [2.45, 2.75) is 52.0 Å². The third-order valence-electron chi connectivity index (χ3n) is 5.44. The minimum Gasteiger partial charge on any atom is -0.462 e. The number of nitrogens with two attached hydrogens (primary N) is 2. The number of nitrogens with zero attached hydrogens (tertiary/aromatic N) is 6. The second-order valence-corrected chi connectivity index (χ2v) is 7.97. The van der Waals surface area contributed by atoms with Gasteiger partial charge >= 0.3 is 6.01 Å². The molecule has 0 aromatic carbocycles. The first-order valence-electron chi connectivity index (χ1n) is 10.6. The SMILES string of the molecule is CCCCOc1nc(N)c2nc(Cc3cnc(N4CCC(N)CC4)c(C)c3)cn2n1. The number of fused-ring (bicyclic) bond motifs is 1. The maximum atomic E-state index is 6.06. The van der Waals surface area contributed by atoms with Crippen molar-refractivity contribution in [3.05, 3.63) is 35.3 Å². The van der Waals surface area contributed by atoms with Gasteiger partial charge in [-0.15, -0.1) is 5.10 Å². The van der Waals surface area contributed by atoms with Crippen LogP contribution in [0.5, 0.6) is 6.01 Å². The van der Waals surface area contributed by atoms with Crippen LogP contribution in [0.25, 0.3) is 5.65 Å². The highest BCUT2D eigenvalue weighted by atomic mass is 16.5. The van der Waals surface area contributed by atoms with Crippen LogP contribution in [0, 0.1) is 6.92 Å². The van der Waals surface area contributed by atoms with E-state index in [1.807, 2.05) is 12.4 Å². The largest absolute Gasteiger partial charge is 0.462 e. The summed E-state index contributed by atoms with van der Waals surface area (Å²) in [6.07, 6.45) is 8.46. The van der Waals surface area contributed by atoms with Crippen LogP contribution < -0.4 is 21.1 Å². The number of anilines is 2. The molecule has 0 spiro atoms. The van der Waals surface area contributed by atoms with E-state index in [2.05, 4.69) is 39.9 Å². The minimum atomic E-state index is 0.278. The molecule has 3 aromatic heterocycles. The van der Waals surface area contributed by atoms with Crippen LogP contribution in [0.3, 0.4) is 0 Å². The van der Waals surface area contributed by atoms with E-state index < -0.39 is 0 Å². The molecule has 1 saturated heterocycles. The average molecular weight is 411 g/mol. The van der Waals surface area contributed by atoms with E-state index >= 15 is 0 Å². The zero-order valence-electron chi connectivity index (χ0n) is 17.7. The van der Waals surface area contributed by atoms with Crippen molar-refractivity contribution in [2.75, 3.05) is 30.3 Å². The zero-order chi connectivity index (χ0) is 21.1. The van der Waals surface area contributed by atoms with Crippen LogP contribution in [0.1, 0.15) is 49.4 Å². The second-order valence-electron chi connectivity index (χ2n) is 7.97. The highest BCUT2D eigenvalue weighted by Gasteiger charge is 2.19. The summed E-state index contributed by atoms with van der Waals surface area (Å²) < 4.78 is 7.23. The summed E-state index contributed by atoms with van der Waals surface area (Å²) in [6.45, 7) is 6.70. The summed E-state index contributed by atoms with van der Waals surface area (Å²) in [5.41, 5.74) is 15.7. The van der Waals surface area contributed by atoms with E-state index in [9.17, 15) is 0 Å². The van der Waals surface area contributed by atoms with Gasteiger partial charge in [0.05, 0.1) is 18.5 Å². The number of aryl methyl sites for hydroxylation is 1. The second kappa shape index (κ2) is 8.83. The maximum Gasteiger partial charge on any atom is 0.336 e. The first kappa shape index (κ1) is 20.3. The van der Waals surface area contributed by atoms with Gasteiger partial charge < -0.3 is 21.1 Å². The highest BCUT2D eigenvalue weighted by Crippen LogP contribution is 2.23.